The zero-order valence-corrected chi connectivity index (χ0v) is 15.1. The van der Waals surface area contributed by atoms with Gasteiger partial charge in [0.15, 0.2) is 11.5 Å². The SMILES string of the molecule is Cc1nc2ccc(NS(=O)(=O)c3cccc(-c4ccc(F)cc4)c3)cc2o1. The highest BCUT2D eigenvalue weighted by atomic mass is 32.2. The molecule has 0 bridgehead atoms. The Morgan fingerprint density at radius 2 is 1.74 bits per heavy atom. The molecule has 0 saturated carbocycles. The number of rotatable bonds is 4. The lowest BCUT2D eigenvalue weighted by atomic mass is 10.1. The van der Waals surface area contributed by atoms with Crippen LogP contribution in [0, 0.1) is 12.7 Å². The zero-order chi connectivity index (χ0) is 19.0. The Kier molecular flexibility index (Phi) is 4.16. The van der Waals surface area contributed by atoms with Gasteiger partial charge in [-0.05, 0) is 47.5 Å². The van der Waals surface area contributed by atoms with Crippen molar-refractivity contribution in [2.45, 2.75) is 11.8 Å². The van der Waals surface area contributed by atoms with Crippen LogP contribution in [0.4, 0.5) is 10.1 Å². The van der Waals surface area contributed by atoms with E-state index in [9.17, 15) is 12.8 Å². The molecule has 4 rings (SSSR count). The van der Waals surface area contributed by atoms with Crippen molar-refractivity contribution in [1.29, 1.82) is 0 Å². The first kappa shape index (κ1) is 17.2. The van der Waals surface area contributed by atoms with E-state index in [1.807, 2.05) is 0 Å². The fraction of sp³-hybridized carbons (Fsp3) is 0.0500. The average Bonchev–Trinajstić information content (AvgIpc) is 3.01. The Morgan fingerprint density at radius 1 is 0.963 bits per heavy atom. The highest BCUT2D eigenvalue weighted by molar-refractivity contribution is 7.92. The maximum absolute atomic E-state index is 13.1. The molecule has 27 heavy (non-hydrogen) atoms. The molecule has 4 aromatic rings. The van der Waals surface area contributed by atoms with Crippen molar-refractivity contribution >= 4 is 26.8 Å². The number of oxazole rings is 1. The van der Waals surface area contributed by atoms with E-state index in [1.54, 1.807) is 55.5 Å². The summed E-state index contributed by atoms with van der Waals surface area (Å²) in [7, 11) is -3.80. The summed E-state index contributed by atoms with van der Waals surface area (Å²) in [5, 5.41) is 0. The zero-order valence-electron chi connectivity index (χ0n) is 14.3. The largest absolute Gasteiger partial charge is 0.441 e. The number of aryl methyl sites for hydroxylation is 1. The molecule has 0 spiro atoms. The molecule has 0 fully saturated rings. The summed E-state index contributed by atoms with van der Waals surface area (Å²) in [5.41, 5.74) is 2.96. The monoisotopic (exact) mass is 382 g/mol. The summed E-state index contributed by atoms with van der Waals surface area (Å²) < 4.78 is 46.6. The molecule has 0 aliphatic rings. The molecule has 1 N–H and O–H groups in total. The van der Waals surface area contributed by atoms with Crippen LogP contribution in [-0.4, -0.2) is 13.4 Å². The van der Waals surface area contributed by atoms with Gasteiger partial charge in [0, 0.05) is 13.0 Å². The third-order valence-corrected chi connectivity index (χ3v) is 5.45. The van der Waals surface area contributed by atoms with Crippen molar-refractivity contribution in [2.75, 3.05) is 4.72 Å². The molecule has 0 saturated heterocycles. The van der Waals surface area contributed by atoms with Gasteiger partial charge in [-0.25, -0.2) is 17.8 Å². The number of hydrogen-bond donors (Lipinski definition) is 1. The van der Waals surface area contributed by atoms with Crippen LogP contribution in [0.5, 0.6) is 0 Å². The Hall–Kier alpha value is -3.19. The molecule has 1 heterocycles. The second kappa shape index (κ2) is 6.51. The first-order chi connectivity index (χ1) is 12.9. The molecule has 7 heteroatoms. The van der Waals surface area contributed by atoms with Crippen LogP contribution in [0.2, 0.25) is 0 Å². The van der Waals surface area contributed by atoms with Gasteiger partial charge < -0.3 is 4.42 Å². The Morgan fingerprint density at radius 3 is 2.52 bits per heavy atom. The molecule has 1 aromatic heterocycles. The Labute approximate surface area is 155 Å². The number of aromatic nitrogens is 1. The van der Waals surface area contributed by atoms with E-state index < -0.39 is 10.0 Å². The number of benzene rings is 3. The first-order valence-electron chi connectivity index (χ1n) is 8.17. The van der Waals surface area contributed by atoms with Crippen LogP contribution in [0.3, 0.4) is 0 Å². The third-order valence-electron chi connectivity index (χ3n) is 4.07. The predicted molar refractivity (Wildman–Crippen MR) is 101 cm³/mol. The number of halogens is 1. The Bertz CT molecular complexity index is 1230. The van der Waals surface area contributed by atoms with Gasteiger partial charge >= 0.3 is 0 Å². The van der Waals surface area contributed by atoms with E-state index in [2.05, 4.69) is 9.71 Å². The van der Waals surface area contributed by atoms with Gasteiger partial charge in [0.25, 0.3) is 10.0 Å². The summed E-state index contributed by atoms with van der Waals surface area (Å²) in [6, 6.07) is 17.3. The van der Waals surface area contributed by atoms with Crippen molar-refractivity contribution in [2.24, 2.45) is 0 Å². The van der Waals surface area contributed by atoms with E-state index in [0.29, 0.717) is 28.2 Å². The summed E-state index contributed by atoms with van der Waals surface area (Å²) in [4.78, 5) is 4.30. The molecule has 3 aromatic carbocycles. The molecule has 0 aliphatic carbocycles. The number of sulfonamides is 1. The van der Waals surface area contributed by atoms with Crippen molar-refractivity contribution < 1.29 is 17.2 Å². The number of hydrogen-bond acceptors (Lipinski definition) is 4. The third kappa shape index (κ3) is 3.54. The maximum Gasteiger partial charge on any atom is 0.261 e. The molecular weight excluding hydrogens is 367 g/mol. The second-order valence-electron chi connectivity index (χ2n) is 6.06. The summed E-state index contributed by atoms with van der Waals surface area (Å²) in [6.45, 7) is 1.73. The van der Waals surface area contributed by atoms with E-state index >= 15 is 0 Å². The van der Waals surface area contributed by atoms with Crippen LogP contribution in [0.15, 0.2) is 76.0 Å². The minimum atomic E-state index is -3.80. The van der Waals surface area contributed by atoms with Gasteiger partial charge in [-0.15, -0.1) is 0 Å². The van der Waals surface area contributed by atoms with Gasteiger partial charge in [0.1, 0.15) is 11.3 Å². The smallest absolute Gasteiger partial charge is 0.261 e. The number of fused-ring (bicyclic) bond motifs is 1. The van der Waals surface area contributed by atoms with Gasteiger partial charge in [0.05, 0.1) is 10.6 Å². The Balaban J connectivity index is 1.66. The van der Waals surface area contributed by atoms with Gasteiger partial charge in [-0.3, -0.25) is 4.72 Å². The van der Waals surface area contributed by atoms with E-state index in [-0.39, 0.29) is 10.7 Å². The lowest BCUT2D eigenvalue weighted by Crippen LogP contribution is -2.12. The van der Waals surface area contributed by atoms with E-state index in [0.717, 1.165) is 5.56 Å². The molecule has 0 atom stereocenters. The normalized spacial score (nSPS) is 11.6. The van der Waals surface area contributed by atoms with Crippen LogP contribution >= 0.6 is 0 Å². The molecule has 136 valence electrons. The standard InChI is InChI=1S/C20H15FN2O3S/c1-13-22-19-10-9-17(12-20(19)26-13)23-27(24,25)18-4-2-3-15(11-18)14-5-7-16(21)8-6-14/h2-12,23H,1H3. The van der Waals surface area contributed by atoms with Crippen molar-refractivity contribution in [3.63, 3.8) is 0 Å². The van der Waals surface area contributed by atoms with Crippen molar-refractivity contribution in [1.82, 2.24) is 4.98 Å². The summed E-state index contributed by atoms with van der Waals surface area (Å²) in [5.74, 6) is 0.166. The number of nitrogens with zero attached hydrogens (tertiary/aromatic N) is 1. The van der Waals surface area contributed by atoms with E-state index in [1.165, 1.54) is 18.2 Å². The lowest BCUT2D eigenvalue weighted by Gasteiger charge is -2.09. The molecular formula is C20H15FN2O3S. The molecule has 0 unspecified atom stereocenters. The maximum atomic E-state index is 13.1. The minimum absolute atomic E-state index is 0.109. The average molecular weight is 382 g/mol. The first-order valence-corrected chi connectivity index (χ1v) is 9.65. The molecule has 0 radical (unpaired) electrons. The molecule has 0 aliphatic heterocycles. The van der Waals surface area contributed by atoms with Gasteiger partial charge in [0.2, 0.25) is 0 Å². The fourth-order valence-corrected chi connectivity index (χ4v) is 3.90. The topological polar surface area (TPSA) is 72.2 Å². The molecule has 0 amide bonds. The fourth-order valence-electron chi connectivity index (χ4n) is 2.80. The second-order valence-corrected chi connectivity index (χ2v) is 7.74. The lowest BCUT2D eigenvalue weighted by molar-refractivity contribution is 0.561. The quantitative estimate of drug-likeness (QED) is 0.553. The van der Waals surface area contributed by atoms with Crippen molar-refractivity contribution in [3.8, 4) is 11.1 Å². The summed E-state index contributed by atoms with van der Waals surface area (Å²) in [6.07, 6.45) is 0. The summed E-state index contributed by atoms with van der Waals surface area (Å²) >= 11 is 0. The van der Waals surface area contributed by atoms with Crippen LogP contribution < -0.4 is 4.72 Å². The van der Waals surface area contributed by atoms with Crippen LogP contribution in [-0.2, 0) is 10.0 Å². The van der Waals surface area contributed by atoms with Gasteiger partial charge in [-0.2, -0.15) is 0 Å². The molecule has 5 nitrogen and oxygen atoms in total. The van der Waals surface area contributed by atoms with E-state index in [4.69, 9.17) is 4.42 Å². The highest BCUT2D eigenvalue weighted by Gasteiger charge is 2.16. The number of nitrogens with one attached hydrogen (secondary N) is 1. The minimum Gasteiger partial charge on any atom is -0.441 e. The number of anilines is 1. The predicted octanol–water partition coefficient (Wildman–Crippen LogP) is 4.74. The van der Waals surface area contributed by atoms with Gasteiger partial charge in [-0.1, -0.05) is 24.3 Å². The van der Waals surface area contributed by atoms with Crippen molar-refractivity contribution in [3.05, 3.63) is 78.4 Å². The highest BCUT2D eigenvalue weighted by Crippen LogP contribution is 2.25. The van der Waals surface area contributed by atoms with Crippen LogP contribution in [0.25, 0.3) is 22.2 Å². The van der Waals surface area contributed by atoms with Crippen LogP contribution in [0.1, 0.15) is 5.89 Å².